The number of thiocarbonyl (C=S) groups is 1. The fourth-order valence-electron chi connectivity index (χ4n) is 4.30. The van der Waals surface area contributed by atoms with Gasteiger partial charge in [0.15, 0.2) is 0 Å². The summed E-state index contributed by atoms with van der Waals surface area (Å²) in [6.45, 7) is 3.62. The molecule has 2 amide bonds. The van der Waals surface area contributed by atoms with Crippen LogP contribution in [0.3, 0.4) is 0 Å². The van der Waals surface area contributed by atoms with E-state index in [-0.39, 0.29) is 11.8 Å². The lowest BCUT2D eigenvalue weighted by Crippen LogP contribution is -2.43. The average Bonchev–Trinajstić information content (AvgIpc) is 3.10. The summed E-state index contributed by atoms with van der Waals surface area (Å²) in [5.41, 5.74) is 1.29. The van der Waals surface area contributed by atoms with Crippen molar-refractivity contribution in [1.29, 1.82) is 0 Å². The number of carbonyl (C=O) groups is 3. The maximum Gasteiger partial charge on any atom is 0.337 e. The van der Waals surface area contributed by atoms with E-state index in [0.717, 1.165) is 50.6 Å². The summed E-state index contributed by atoms with van der Waals surface area (Å²) in [5, 5.41) is 0. The minimum atomic E-state index is -0.393. The zero-order chi connectivity index (χ0) is 23.8. The maximum atomic E-state index is 12.8. The van der Waals surface area contributed by atoms with Gasteiger partial charge >= 0.3 is 5.97 Å². The van der Waals surface area contributed by atoms with Gasteiger partial charge < -0.3 is 9.64 Å². The second-order valence-corrected chi connectivity index (χ2v) is 10.1. The highest BCUT2D eigenvalue weighted by molar-refractivity contribution is 8.26. The Bertz CT molecular complexity index is 913. The van der Waals surface area contributed by atoms with Gasteiger partial charge in [-0.1, -0.05) is 49.5 Å². The van der Waals surface area contributed by atoms with Gasteiger partial charge in [0, 0.05) is 25.6 Å². The molecule has 3 rings (SSSR count). The molecule has 1 aromatic rings. The van der Waals surface area contributed by atoms with Gasteiger partial charge in [-0.15, -0.1) is 0 Å². The number of benzene rings is 1. The molecular formula is C25H32N2O4S2. The maximum absolute atomic E-state index is 12.8. The second kappa shape index (κ2) is 12.3. The first-order valence-corrected chi connectivity index (χ1v) is 12.9. The van der Waals surface area contributed by atoms with E-state index in [1.165, 1.54) is 25.3 Å². The van der Waals surface area contributed by atoms with Crippen LogP contribution in [0.15, 0.2) is 29.2 Å². The molecule has 0 radical (unpaired) electrons. The van der Waals surface area contributed by atoms with Crippen LogP contribution < -0.4 is 0 Å². The van der Waals surface area contributed by atoms with Crippen LogP contribution in [-0.2, 0) is 14.3 Å². The average molecular weight is 489 g/mol. The van der Waals surface area contributed by atoms with Crippen LogP contribution in [0.2, 0.25) is 0 Å². The highest BCUT2D eigenvalue weighted by Gasteiger charge is 2.31. The van der Waals surface area contributed by atoms with E-state index in [0.29, 0.717) is 33.8 Å². The number of rotatable bonds is 9. The third-order valence-corrected chi connectivity index (χ3v) is 7.57. The highest BCUT2D eigenvalue weighted by atomic mass is 32.2. The molecule has 8 heteroatoms. The Morgan fingerprint density at radius 3 is 2.64 bits per heavy atom. The van der Waals surface area contributed by atoms with E-state index in [9.17, 15) is 14.4 Å². The van der Waals surface area contributed by atoms with Crippen LogP contribution in [0.4, 0.5) is 0 Å². The van der Waals surface area contributed by atoms with Crippen molar-refractivity contribution in [2.75, 3.05) is 20.2 Å². The minimum absolute atomic E-state index is 0.0859. The molecule has 1 atom stereocenters. The molecule has 178 valence electrons. The zero-order valence-electron chi connectivity index (χ0n) is 19.4. The number of esters is 1. The molecule has 0 N–H and O–H groups in total. The molecule has 2 fully saturated rings. The van der Waals surface area contributed by atoms with E-state index in [4.69, 9.17) is 17.0 Å². The summed E-state index contributed by atoms with van der Waals surface area (Å²) >= 11 is 6.72. The summed E-state index contributed by atoms with van der Waals surface area (Å²) < 4.78 is 5.27. The Kier molecular flexibility index (Phi) is 9.50. The van der Waals surface area contributed by atoms with Crippen LogP contribution in [0.1, 0.15) is 74.2 Å². The summed E-state index contributed by atoms with van der Waals surface area (Å²) in [6.07, 6.45) is 9.41. The van der Waals surface area contributed by atoms with Crippen molar-refractivity contribution in [2.45, 2.75) is 64.3 Å². The molecule has 0 aromatic heterocycles. The number of unbranched alkanes of at least 4 members (excludes halogenated alkanes) is 2. The molecule has 6 nitrogen and oxygen atoms in total. The Morgan fingerprint density at radius 2 is 1.94 bits per heavy atom. The molecule has 2 heterocycles. The number of ether oxygens (including phenoxy) is 1. The summed E-state index contributed by atoms with van der Waals surface area (Å²) in [4.78, 5) is 41.3. The van der Waals surface area contributed by atoms with Gasteiger partial charge in [-0.05, 0) is 62.3 Å². The van der Waals surface area contributed by atoms with Gasteiger partial charge in [-0.3, -0.25) is 14.5 Å². The van der Waals surface area contributed by atoms with Crippen LogP contribution in [0.5, 0.6) is 0 Å². The SMILES string of the molecule is CC[C@@H]1CCCCN1C(=O)CCCCCN1C(=O)/C(=C/c2ccc(C(=O)OC)cc2)SC1=S. The van der Waals surface area contributed by atoms with Gasteiger partial charge in [0.05, 0.1) is 17.6 Å². The van der Waals surface area contributed by atoms with Crippen molar-refractivity contribution in [3.63, 3.8) is 0 Å². The van der Waals surface area contributed by atoms with Gasteiger partial charge in [-0.2, -0.15) is 0 Å². The number of nitrogens with zero attached hydrogens (tertiary/aromatic N) is 2. The summed E-state index contributed by atoms with van der Waals surface area (Å²) in [5.74, 6) is -0.207. The number of carbonyl (C=O) groups excluding carboxylic acids is 3. The number of methoxy groups -OCH3 is 1. The first-order chi connectivity index (χ1) is 15.9. The van der Waals surface area contributed by atoms with Crippen molar-refractivity contribution in [1.82, 2.24) is 9.80 Å². The molecular weight excluding hydrogens is 456 g/mol. The summed E-state index contributed by atoms with van der Waals surface area (Å²) in [7, 11) is 1.34. The number of thioether (sulfide) groups is 1. The number of hydrogen-bond donors (Lipinski definition) is 0. The lowest BCUT2D eigenvalue weighted by atomic mass is 9.99. The molecule has 2 saturated heterocycles. The number of piperidine rings is 1. The predicted octanol–water partition coefficient (Wildman–Crippen LogP) is 5.03. The normalized spacial score (nSPS) is 19.9. The Morgan fingerprint density at radius 1 is 1.18 bits per heavy atom. The first-order valence-electron chi connectivity index (χ1n) is 11.7. The molecule has 2 aliphatic rings. The van der Waals surface area contributed by atoms with Gasteiger partial charge in [0.25, 0.3) is 5.91 Å². The lowest BCUT2D eigenvalue weighted by molar-refractivity contribution is -0.135. The van der Waals surface area contributed by atoms with Crippen molar-refractivity contribution >= 4 is 52.2 Å². The fraction of sp³-hybridized carbons (Fsp3) is 0.520. The quantitative estimate of drug-likeness (QED) is 0.210. The second-order valence-electron chi connectivity index (χ2n) is 8.40. The molecule has 0 aliphatic carbocycles. The van der Waals surface area contributed by atoms with Crippen LogP contribution >= 0.6 is 24.0 Å². The molecule has 33 heavy (non-hydrogen) atoms. The van der Waals surface area contributed by atoms with Crippen molar-refractivity contribution in [3.8, 4) is 0 Å². The van der Waals surface area contributed by atoms with Gasteiger partial charge in [-0.25, -0.2) is 4.79 Å². The van der Waals surface area contributed by atoms with E-state index in [1.54, 1.807) is 35.2 Å². The number of likely N-dealkylation sites (tertiary alicyclic amines) is 1. The Hall–Kier alpha value is -2.19. The lowest BCUT2D eigenvalue weighted by Gasteiger charge is -2.35. The van der Waals surface area contributed by atoms with Crippen molar-refractivity contribution < 1.29 is 19.1 Å². The molecule has 2 aliphatic heterocycles. The predicted molar refractivity (Wildman–Crippen MR) is 136 cm³/mol. The third-order valence-electron chi connectivity index (χ3n) is 6.19. The van der Waals surface area contributed by atoms with Crippen LogP contribution in [0, 0.1) is 0 Å². The number of hydrogen-bond acceptors (Lipinski definition) is 6. The minimum Gasteiger partial charge on any atom is -0.465 e. The monoisotopic (exact) mass is 488 g/mol. The first kappa shape index (κ1) is 25.4. The van der Waals surface area contributed by atoms with Gasteiger partial charge in [0.2, 0.25) is 5.91 Å². The Labute approximate surface area is 205 Å². The van der Waals surface area contributed by atoms with E-state index < -0.39 is 5.97 Å². The van der Waals surface area contributed by atoms with Gasteiger partial charge in [0.1, 0.15) is 4.32 Å². The van der Waals surface area contributed by atoms with E-state index in [2.05, 4.69) is 11.8 Å². The van der Waals surface area contributed by atoms with E-state index in [1.807, 2.05) is 0 Å². The smallest absolute Gasteiger partial charge is 0.337 e. The summed E-state index contributed by atoms with van der Waals surface area (Å²) in [6, 6.07) is 7.31. The highest BCUT2D eigenvalue weighted by Crippen LogP contribution is 2.33. The molecule has 0 unspecified atom stereocenters. The Balaban J connectivity index is 1.45. The topological polar surface area (TPSA) is 66.9 Å². The largest absolute Gasteiger partial charge is 0.465 e. The molecule has 0 saturated carbocycles. The van der Waals surface area contributed by atoms with E-state index >= 15 is 0 Å². The van der Waals surface area contributed by atoms with Crippen LogP contribution in [-0.4, -0.2) is 58.1 Å². The van der Waals surface area contributed by atoms with Crippen molar-refractivity contribution in [2.24, 2.45) is 0 Å². The third kappa shape index (κ3) is 6.67. The molecule has 0 bridgehead atoms. The molecule has 1 aromatic carbocycles. The van der Waals surface area contributed by atoms with Crippen molar-refractivity contribution in [3.05, 3.63) is 40.3 Å². The van der Waals surface area contributed by atoms with Crippen LogP contribution in [0.25, 0.3) is 6.08 Å². The molecule has 0 spiro atoms. The number of amides is 2. The zero-order valence-corrected chi connectivity index (χ0v) is 21.0. The fourth-order valence-corrected chi connectivity index (χ4v) is 5.61. The standard InChI is InChI=1S/C25H32N2O4S2/c1-3-20-9-6-8-15-26(20)22(28)10-5-4-7-16-27-23(29)21(33-25(27)32)17-18-11-13-19(14-12-18)24(30)31-2/h11-14,17,20H,3-10,15-16H2,1-2H3/b21-17-/t20-/m1/s1.